The van der Waals surface area contributed by atoms with Gasteiger partial charge in [0, 0.05) is 24.3 Å². The predicted molar refractivity (Wildman–Crippen MR) is 79.7 cm³/mol. The van der Waals surface area contributed by atoms with Crippen molar-refractivity contribution in [2.45, 2.75) is 58.4 Å². The fraction of sp³-hybridized carbons (Fsp3) is 0.786. The molecular weight excluding hydrogens is 260 g/mol. The molecule has 0 aliphatic heterocycles. The molecule has 0 saturated heterocycles. The summed E-state index contributed by atoms with van der Waals surface area (Å²) in [5.41, 5.74) is 0.0818. The Kier molecular flexibility index (Phi) is 10.8. The van der Waals surface area contributed by atoms with Crippen LogP contribution in [-0.4, -0.2) is 33.6 Å². The molecule has 0 aromatic heterocycles. The van der Waals surface area contributed by atoms with Crippen molar-refractivity contribution >= 4 is 15.3 Å². The van der Waals surface area contributed by atoms with Crippen LogP contribution in [0.5, 0.6) is 0 Å². The standard InChI is InChI=1S/C14H28O4Si/c1-5-8-10-17-19(18-11-9-6-2)13(7-3)12(4)14(15)16/h13,19H,4-11H2,1-3H3,(H,15,16). The van der Waals surface area contributed by atoms with Crippen molar-refractivity contribution < 1.29 is 18.8 Å². The third-order valence-electron chi connectivity index (χ3n) is 3.05. The van der Waals surface area contributed by atoms with Gasteiger partial charge in [0.05, 0.1) is 0 Å². The fourth-order valence-electron chi connectivity index (χ4n) is 1.73. The van der Waals surface area contributed by atoms with Gasteiger partial charge in [0.25, 0.3) is 0 Å². The summed E-state index contributed by atoms with van der Waals surface area (Å²) < 4.78 is 11.7. The molecule has 4 nitrogen and oxygen atoms in total. The molecule has 19 heavy (non-hydrogen) atoms. The molecule has 1 N–H and O–H groups in total. The van der Waals surface area contributed by atoms with Crippen LogP contribution in [0.1, 0.15) is 52.9 Å². The molecule has 0 fully saturated rings. The Morgan fingerprint density at radius 1 is 1.16 bits per heavy atom. The number of hydrogen-bond acceptors (Lipinski definition) is 3. The summed E-state index contributed by atoms with van der Waals surface area (Å²) in [4.78, 5) is 11.1. The van der Waals surface area contributed by atoms with Crippen LogP contribution in [0.2, 0.25) is 5.54 Å². The maximum absolute atomic E-state index is 11.1. The first-order chi connectivity index (χ1) is 9.08. The van der Waals surface area contributed by atoms with E-state index in [4.69, 9.17) is 14.0 Å². The number of carbonyl (C=O) groups is 1. The second kappa shape index (κ2) is 11.2. The van der Waals surface area contributed by atoms with Gasteiger partial charge in [-0.3, -0.25) is 0 Å². The predicted octanol–water partition coefficient (Wildman–Crippen LogP) is 3.26. The number of unbranched alkanes of at least 4 members (excludes halogenated alkanes) is 2. The molecule has 1 atom stereocenters. The lowest BCUT2D eigenvalue weighted by molar-refractivity contribution is -0.132. The van der Waals surface area contributed by atoms with Gasteiger partial charge in [0.15, 0.2) is 0 Å². The van der Waals surface area contributed by atoms with Gasteiger partial charge in [-0.2, -0.15) is 0 Å². The van der Waals surface area contributed by atoms with Gasteiger partial charge in [-0.1, -0.05) is 40.2 Å². The summed E-state index contributed by atoms with van der Waals surface area (Å²) in [5.74, 6) is -0.942. The summed E-state index contributed by atoms with van der Waals surface area (Å²) in [6, 6.07) is 0. The lowest BCUT2D eigenvalue weighted by atomic mass is 10.2. The zero-order valence-corrected chi connectivity index (χ0v) is 13.6. The summed E-state index contributed by atoms with van der Waals surface area (Å²) in [6.07, 6.45) is 4.80. The Bertz CT molecular complexity index is 258. The molecule has 0 bridgehead atoms. The topological polar surface area (TPSA) is 55.8 Å². The molecule has 0 aromatic rings. The Morgan fingerprint density at radius 3 is 1.95 bits per heavy atom. The number of hydrogen-bond donors (Lipinski definition) is 1. The summed E-state index contributed by atoms with van der Waals surface area (Å²) in [6.45, 7) is 11.2. The third-order valence-corrected chi connectivity index (χ3v) is 5.71. The molecule has 0 saturated carbocycles. The van der Waals surface area contributed by atoms with E-state index in [0.717, 1.165) is 25.7 Å². The number of carboxylic acids is 1. The molecule has 0 aliphatic rings. The van der Waals surface area contributed by atoms with Crippen molar-refractivity contribution in [2.24, 2.45) is 0 Å². The Balaban J connectivity index is 4.55. The van der Waals surface area contributed by atoms with Crippen molar-refractivity contribution in [1.29, 1.82) is 0 Å². The highest BCUT2D eigenvalue weighted by molar-refractivity contribution is 6.48. The molecule has 0 spiro atoms. The first-order valence-electron chi connectivity index (χ1n) is 7.23. The van der Waals surface area contributed by atoms with Crippen molar-refractivity contribution in [1.82, 2.24) is 0 Å². The molecular formula is C14H28O4Si. The monoisotopic (exact) mass is 288 g/mol. The molecule has 0 heterocycles. The van der Waals surface area contributed by atoms with Crippen LogP contribution in [0.15, 0.2) is 12.2 Å². The molecule has 112 valence electrons. The summed E-state index contributed by atoms with van der Waals surface area (Å²) in [7, 11) is -2.01. The van der Waals surface area contributed by atoms with E-state index in [1.807, 2.05) is 6.92 Å². The van der Waals surface area contributed by atoms with Crippen molar-refractivity contribution in [3.63, 3.8) is 0 Å². The second-order valence-electron chi connectivity index (χ2n) is 4.66. The largest absolute Gasteiger partial charge is 0.478 e. The Labute approximate surface area is 118 Å². The van der Waals surface area contributed by atoms with E-state index in [2.05, 4.69) is 20.4 Å². The average Bonchev–Trinajstić information content (AvgIpc) is 2.39. The van der Waals surface area contributed by atoms with E-state index < -0.39 is 15.3 Å². The van der Waals surface area contributed by atoms with Crippen LogP contribution in [0.4, 0.5) is 0 Å². The van der Waals surface area contributed by atoms with Crippen LogP contribution < -0.4 is 0 Å². The first-order valence-corrected chi connectivity index (χ1v) is 8.84. The molecule has 5 heteroatoms. The van der Waals surface area contributed by atoms with Crippen LogP contribution in [-0.2, 0) is 13.6 Å². The molecule has 0 aromatic carbocycles. The molecule has 0 rings (SSSR count). The van der Waals surface area contributed by atoms with Gasteiger partial charge < -0.3 is 14.0 Å². The van der Waals surface area contributed by atoms with E-state index in [9.17, 15) is 4.79 Å². The van der Waals surface area contributed by atoms with Crippen molar-refractivity contribution in [2.75, 3.05) is 13.2 Å². The third kappa shape index (κ3) is 7.50. The van der Waals surface area contributed by atoms with Gasteiger partial charge in [0.1, 0.15) is 0 Å². The van der Waals surface area contributed by atoms with Crippen LogP contribution in [0.3, 0.4) is 0 Å². The van der Waals surface area contributed by atoms with Gasteiger partial charge in [-0.25, -0.2) is 4.79 Å². The Morgan fingerprint density at radius 2 is 1.63 bits per heavy atom. The first kappa shape index (κ1) is 18.3. The zero-order chi connectivity index (χ0) is 14.7. The minimum Gasteiger partial charge on any atom is -0.478 e. The number of rotatable bonds is 12. The maximum atomic E-state index is 11.1. The van der Waals surface area contributed by atoms with Crippen LogP contribution >= 0.6 is 0 Å². The maximum Gasteiger partial charge on any atom is 0.331 e. The lowest BCUT2D eigenvalue weighted by Crippen LogP contribution is -2.32. The highest BCUT2D eigenvalue weighted by atomic mass is 28.3. The minimum absolute atomic E-state index is 0.147. The fourth-order valence-corrected chi connectivity index (χ4v) is 3.94. The molecule has 0 aliphatic carbocycles. The van der Waals surface area contributed by atoms with Crippen LogP contribution in [0, 0.1) is 0 Å². The SMILES string of the molecule is C=C(C(=O)O)C(CC)[SiH](OCCCC)OCCCC. The normalized spacial score (nSPS) is 12.6. The smallest absolute Gasteiger partial charge is 0.331 e. The van der Waals surface area contributed by atoms with Crippen LogP contribution in [0.25, 0.3) is 0 Å². The average molecular weight is 288 g/mol. The molecule has 1 unspecified atom stereocenters. The minimum atomic E-state index is -2.01. The second-order valence-corrected chi connectivity index (χ2v) is 6.87. The van der Waals surface area contributed by atoms with Crippen molar-refractivity contribution in [3.05, 3.63) is 12.2 Å². The number of carboxylic acid groups (broad SMARTS) is 1. The van der Waals surface area contributed by atoms with E-state index in [1.54, 1.807) is 0 Å². The zero-order valence-electron chi connectivity index (χ0n) is 12.5. The van der Waals surface area contributed by atoms with Gasteiger partial charge in [-0.05, 0) is 19.3 Å². The highest BCUT2D eigenvalue weighted by Gasteiger charge is 2.30. The quantitative estimate of drug-likeness (QED) is 0.340. The Hall–Kier alpha value is -0.653. The van der Waals surface area contributed by atoms with Gasteiger partial charge in [0.2, 0.25) is 0 Å². The number of aliphatic carboxylic acids is 1. The lowest BCUT2D eigenvalue weighted by Gasteiger charge is -2.24. The molecule has 0 radical (unpaired) electrons. The summed E-state index contributed by atoms with van der Waals surface area (Å²) in [5, 5.41) is 9.09. The summed E-state index contributed by atoms with van der Waals surface area (Å²) >= 11 is 0. The highest BCUT2D eigenvalue weighted by Crippen LogP contribution is 2.26. The van der Waals surface area contributed by atoms with Gasteiger partial charge >= 0.3 is 15.3 Å². The molecule has 0 amide bonds. The van der Waals surface area contributed by atoms with E-state index in [-0.39, 0.29) is 11.1 Å². The van der Waals surface area contributed by atoms with E-state index in [0.29, 0.717) is 19.6 Å². The van der Waals surface area contributed by atoms with Crippen molar-refractivity contribution in [3.8, 4) is 0 Å². The van der Waals surface area contributed by atoms with E-state index in [1.165, 1.54) is 0 Å². The van der Waals surface area contributed by atoms with E-state index >= 15 is 0 Å². The van der Waals surface area contributed by atoms with Gasteiger partial charge in [-0.15, -0.1) is 0 Å².